The van der Waals surface area contributed by atoms with Crippen molar-refractivity contribution in [1.82, 2.24) is 14.6 Å². The minimum atomic E-state index is -0.132. The number of benzene rings is 1. The first-order valence-corrected chi connectivity index (χ1v) is 9.08. The van der Waals surface area contributed by atoms with Crippen molar-refractivity contribution >= 4 is 57.9 Å². The van der Waals surface area contributed by atoms with Gasteiger partial charge in [-0.3, -0.25) is 9.20 Å². The molecule has 1 N–H and O–H groups in total. The van der Waals surface area contributed by atoms with E-state index in [9.17, 15) is 4.79 Å². The van der Waals surface area contributed by atoms with Gasteiger partial charge in [-0.05, 0) is 30.3 Å². The smallest absolute Gasteiger partial charge is 0.234 e. The van der Waals surface area contributed by atoms with E-state index in [1.807, 2.05) is 43.3 Å². The second-order valence-electron chi connectivity index (χ2n) is 5.46. The second kappa shape index (κ2) is 7.51. The predicted molar refractivity (Wildman–Crippen MR) is 103 cm³/mol. The Morgan fingerprint density at radius 1 is 1.24 bits per heavy atom. The van der Waals surface area contributed by atoms with Crippen LogP contribution in [0.5, 0.6) is 0 Å². The Kier molecular flexibility index (Phi) is 5.36. The Morgan fingerprint density at radius 3 is 2.64 bits per heavy atom. The van der Waals surface area contributed by atoms with E-state index in [-0.39, 0.29) is 11.7 Å². The quantitative estimate of drug-likeness (QED) is 0.665. The number of nitrogens with zero attached hydrogens (tertiary/aromatic N) is 4. The summed E-state index contributed by atoms with van der Waals surface area (Å²) in [4.78, 5) is 14.1. The fraction of sp³-hybridized carbons (Fsp3) is 0.188. The van der Waals surface area contributed by atoms with Gasteiger partial charge in [0.1, 0.15) is 0 Å². The largest absolute Gasteiger partial charge is 0.378 e. The van der Waals surface area contributed by atoms with Crippen molar-refractivity contribution in [2.45, 2.75) is 5.16 Å². The van der Waals surface area contributed by atoms with Crippen LogP contribution in [0, 0.1) is 0 Å². The number of nitrogens with one attached hydrogen (secondary N) is 1. The lowest BCUT2D eigenvalue weighted by atomic mass is 10.2. The zero-order valence-corrected chi connectivity index (χ0v) is 15.9. The average Bonchev–Trinajstić information content (AvgIpc) is 2.96. The first-order chi connectivity index (χ1) is 11.9. The summed E-state index contributed by atoms with van der Waals surface area (Å²) in [6, 6.07) is 9.22. The number of hydrogen-bond donors (Lipinski definition) is 1. The highest BCUT2D eigenvalue weighted by atomic mass is 35.5. The Morgan fingerprint density at radius 2 is 1.96 bits per heavy atom. The van der Waals surface area contributed by atoms with E-state index in [0.29, 0.717) is 20.8 Å². The van der Waals surface area contributed by atoms with E-state index in [4.69, 9.17) is 23.2 Å². The molecule has 0 radical (unpaired) electrons. The lowest BCUT2D eigenvalue weighted by Gasteiger charge is -2.13. The van der Waals surface area contributed by atoms with Gasteiger partial charge in [0.15, 0.2) is 10.8 Å². The van der Waals surface area contributed by atoms with Crippen LogP contribution in [0.1, 0.15) is 0 Å². The van der Waals surface area contributed by atoms with Crippen LogP contribution in [0.25, 0.3) is 5.65 Å². The maximum absolute atomic E-state index is 12.1. The number of thioether (sulfide) groups is 1. The van der Waals surface area contributed by atoms with E-state index in [0.717, 1.165) is 11.4 Å². The van der Waals surface area contributed by atoms with Crippen LogP contribution >= 0.6 is 35.0 Å². The molecule has 2 aromatic heterocycles. The number of amides is 1. The topological polar surface area (TPSA) is 62.5 Å². The van der Waals surface area contributed by atoms with Crippen LogP contribution < -0.4 is 10.2 Å². The van der Waals surface area contributed by atoms with Gasteiger partial charge in [-0.1, -0.05) is 35.0 Å². The Balaban J connectivity index is 1.64. The van der Waals surface area contributed by atoms with Crippen molar-refractivity contribution in [2.75, 3.05) is 30.1 Å². The van der Waals surface area contributed by atoms with Gasteiger partial charge in [0.25, 0.3) is 0 Å². The highest BCUT2D eigenvalue weighted by Gasteiger charge is 2.12. The van der Waals surface area contributed by atoms with Crippen molar-refractivity contribution in [3.8, 4) is 0 Å². The molecule has 0 fully saturated rings. The van der Waals surface area contributed by atoms with Gasteiger partial charge in [-0.2, -0.15) is 0 Å². The van der Waals surface area contributed by atoms with Crippen LogP contribution in [0.4, 0.5) is 11.4 Å². The molecule has 2 heterocycles. The second-order valence-corrected chi connectivity index (χ2v) is 7.25. The first kappa shape index (κ1) is 17.8. The summed E-state index contributed by atoms with van der Waals surface area (Å²) in [6.45, 7) is 0. The van der Waals surface area contributed by atoms with Gasteiger partial charge in [0, 0.05) is 31.7 Å². The zero-order chi connectivity index (χ0) is 18.0. The van der Waals surface area contributed by atoms with E-state index >= 15 is 0 Å². The maximum atomic E-state index is 12.1. The number of carbonyl (C=O) groups excluding carboxylic acids is 1. The molecule has 3 aromatic rings. The summed E-state index contributed by atoms with van der Waals surface area (Å²) in [5.41, 5.74) is 2.32. The highest BCUT2D eigenvalue weighted by Crippen LogP contribution is 2.25. The fourth-order valence-electron chi connectivity index (χ4n) is 2.17. The van der Waals surface area contributed by atoms with Crippen LogP contribution in [0.15, 0.2) is 41.7 Å². The molecule has 0 spiro atoms. The number of carbonyl (C=O) groups is 1. The molecule has 0 bridgehead atoms. The SMILES string of the molecule is CN(C)c1ccc(NC(=O)CSc2nnc3c(Cl)cc(Cl)cn23)cc1. The summed E-state index contributed by atoms with van der Waals surface area (Å²) in [5.74, 6) is 0.0628. The molecule has 6 nitrogen and oxygen atoms in total. The number of anilines is 2. The maximum Gasteiger partial charge on any atom is 0.234 e. The standard InChI is InChI=1S/C16H15Cl2N5OS/c1-22(2)12-5-3-11(4-6-12)19-14(24)9-25-16-21-20-15-13(18)7-10(17)8-23(15)16/h3-8H,9H2,1-2H3,(H,19,24). The molecule has 0 aliphatic carbocycles. The lowest BCUT2D eigenvalue weighted by molar-refractivity contribution is -0.113. The van der Waals surface area contributed by atoms with Gasteiger partial charge < -0.3 is 10.2 Å². The summed E-state index contributed by atoms with van der Waals surface area (Å²) >= 11 is 13.3. The molecular weight excluding hydrogens is 381 g/mol. The molecule has 0 saturated heterocycles. The predicted octanol–water partition coefficient (Wildman–Crippen LogP) is 3.83. The first-order valence-electron chi connectivity index (χ1n) is 7.34. The lowest BCUT2D eigenvalue weighted by Crippen LogP contribution is -2.14. The molecule has 1 aromatic carbocycles. The van der Waals surface area contributed by atoms with Gasteiger partial charge in [0.2, 0.25) is 5.91 Å². The molecule has 0 unspecified atom stereocenters. The third kappa shape index (κ3) is 4.18. The molecule has 9 heteroatoms. The molecule has 0 saturated carbocycles. The molecule has 1 amide bonds. The highest BCUT2D eigenvalue weighted by molar-refractivity contribution is 7.99. The normalized spacial score (nSPS) is 10.9. The number of pyridine rings is 1. The van der Waals surface area contributed by atoms with Gasteiger partial charge in [-0.15, -0.1) is 10.2 Å². The number of aromatic nitrogens is 3. The van der Waals surface area contributed by atoms with Crippen molar-refractivity contribution in [1.29, 1.82) is 0 Å². The average molecular weight is 396 g/mol. The molecule has 0 aliphatic rings. The van der Waals surface area contributed by atoms with E-state index in [2.05, 4.69) is 15.5 Å². The van der Waals surface area contributed by atoms with Gasteiger partial charge >= 0.3 is 0 Å². The minimum Gasteiger partial charge on any atom is -0.378 e. The third-order valence-electron chi connectivity index (χ3n) is 3.40. The molecule has 25 heavy (non-hydrogen) atoms. The van der Waals surface area contributed by atoms with Crippen molar-refractivity contribution in [2.24, 2.45) is 0 Å². The molecule has 0 aliphatic heterocycles. The summed E-state index contributed by atoms with van der Waals surface area (Å²) < 4.78 is 1.68. The monoisotopic (exact) mass is 395 g/mol. The van der Waals surface area contributed by atoms with E-state index < -0.39 is 0 Å². The summed E-state index contributed by atoms with van der Waals surface area (Å²) in [5, 5.41) is 12.4. The van der Waals surface area contributed by atoms with Crippen molar-refractivity contribution < 1.29 is 4.79 Å². The summed E-state index contributed by atoms with van der Waals surface area (Å²) in [7, 11) is 3.93. The fourth-order valence-corrected chi connectivity index (χ4v) is 3.39. The van der Waals surface area contributed by atoms with Crippen LogP contribution in [0.3, 0.4) is 0 Å². The summed E-state index contributed by atoms with van der Waals surface area (Å²) in [6.07, 6.45) is 1.67. The Labute approximate surface area is 159 Å². The number of hydrogen-bond acceptors (Lipinski definition) is 5. The molecule has 3 rings (SSSR count). The number of fused-ring (bicyclic) bond motifs is 1. The van der Waals surface area contributed by atoms with Crippen LogP contribution in [-0.4, -0.2) is 40.4 Å². The van der Waals surface area contributed by atoms with E-state index in [1.165, 1.54) is 11.8 Å². The minimum absolute atomic E-state index is 0.132. The number of halogens is 2. The van der Waals surface area contributed by atoms with Gasteiger partial charge in [0.05, 0.1) is 15.8 Å². The molecule has 130 valence electrons. The molecular formula is C16H15Cl2N5OS. The van der Waals surface area contributed by atoms with Crippen molar-refractivity contribution in [3.63, 3.8) is 0 Å². The Bertz CT molecular complexity index is 911. The van der Waals surface area contributed by atoms with Gasteiger partial charge in [-0.25, -0.2) is 0 Å². The zero-order valence-electron chi connectivity index (χ0n) is 13.5. The molecule has 0 atom stereocenters. The van der Waals surface area contributed by atoms with Crippen LogP contribution in [-0.2, 0) is 4.79 Å². The third-order valence-corrected chi connectivity index (χ3v) is 4.82. The van der Waals surface area contributed by atoms with Crippen LogP contribution in [0.2, 0.25) is 10.0 Å². The number of rotatable bonds is 5. The van der Waals surface area contributed by atoms with Crippen molar-refractivity contribution in [3.05, 3.63) is 46.6 Å². The Hall–Kier alpha value is -1.96. The van der Waals surface area contributed by atoms with E-state index in [1.54, 1.807) is 16.7 Å².